The maximum atomic E-state index is 13.5. The van der Waals surface area contributed by atoms with E-state index in [1.165, 1.54) is 17.3 Å². The van der Waals surface area contributed by atoms with Crippen LogP contribution in [0.15, 0.2) is 70.9 Å². The van der Waals surface area contributed by atoms with Crippen molar-refractivity contribution >= 4 is 40.6 Å². The molecule has 2 aromatic carbocycles. The van der Waals surface area contributed by atoms with E-state index in [4.69, 9.17) is 0 Å². The van der Waals surface area contributed by atoms with Crippen molar-refractivity contribution in [2.75, 3.05) is 4.90 Å². The Morgan fingerprint density at radius 2 is 1.87 bits per heavy atom. The largest absolute Gasteiger partial charge is 0.351 e. The summed E-state index contributed by atoms with van der Waals surface area (Å²) in [5.74, 6) is -0.543. The molecule has 1 aliphatic heterocycles. The van der Waals surface area contributed by atoms with Gasteiger partial charge in [-0.2, -0.15) is 0 Å². The van der Waals surface area contributed by atoms with Crippen molar-refractivity contribution in [2.45, 2.75) is 37.1 Å². The first kappa shape index (κ1) is 20.7. The minimum Gasteiger partial charge on any atom is -0.351 e. The lowest BCUT2D eigenvalue weighted by molar-refractivity contribution is -0.128. The van der Waals surface area contributed by atoms with Crippen LogP contribution in [0.4, 0.5) is 5.69 Å². The Hall–Kier alpha value is -2.57. The molecule has 4 nitrogen and oxygen atoms in total. The molecule has 1 N–H and O–H groups in total. The van der Waals surface area contributed by atoms with Gasteiger partial charge in [0, 0.05) is 9.77 Å². The highest BCUT2D eigenvalue weighted by atomic mass is 32.2. The van der Waals surface area contributed by atoms with Crippen LogP contribution in [0.25, 0.3) is 0 Å². The van der Waals surface area contributed by atoms with Crippen molar-refractivity contribution < 1.29 is 9.59 Å². The number of rotatable bonds is 6. The summed E-state index contributed by atoms with van der Waals surface area (Å²) in [6.45, 7) is 4.89. The number of fused-ring (bicyclic) bond motifs is 1. The van der Waals surface area contributed by atoms with Gasteiger partial charge in [0.25, 0.3) is 0 Å². The molecule has 0 aliphatic carbocycles. The van der Waals surface area contributed by atoms with Gasteiger partial charge in [-0.1, -0.05) is 55.0 Å². The molecule has 2 atom stereocenters. The Morgan fingerprint density at radius 1 is 1.10 bits per heavy atom. The minimum absolute atomic E-state index is 0.0157. The van der Waals surface area contributed by atoms with E-state index in [1.807, 2.05) is 60.5 Å². The van der Waals surface area contributed by atoms with Crippen LogP contribution in [0.2, 0.25) is 0 Å². The second-order valence-corrected chi connectivity index (χ2v) is 9.72. The zero-order valence-corrected chi connectivity index (χ0v) is 18.6. The minimum atomic E-state index is -0.450. The lowest BCUT2D eigenvalue weighted by Crippen LogP contribution is -2.47. The molecule has 0 saturated carbocycles. The Kier molecular flexibility index (Phi) is 6.25. The van der Waals surface area contributed by atoms with Gasteiger partial charge in [0.1, 0.15) is 5.25 Å². The number of hydrogen-bond donors (Lipinski definition) is 1. The Morgan fingerprint density at radius 3 is 2.60 bits per heavy atom. The molecule has 0 unspecified atom stereocenters. The number of para-hydroxylation sites is 1. The van der Waals surface area contributed by atoms with E-state index in [0.29, 0.717) is 13.1 Å². The number of thiophene rings is 1. The smallest absolute Gasteiger partial charge is 0.241 e. The molecule has 3 aromatic rings. The molecule has 4 rings (SSSR count). The number of amides is 2. The van der Waals surface area contributed by atoms with Gasteiger partial charge in [-0.25, -0.2) is 0 Å². The highest BCUT2D eigenvalue weighted by Gasteiger charge is 2.39. The molecule has 1 aliphatic rings. The van der Waals surface area contributed by atoms with Gasteiger partial charge >= 0.3 is 0 Å². The number of hydrogen-bond acceptors (Lipinski definition) is 4. The van der Waals surface area contributed by atoms with E-state index in [0.717, 1.165) is 21.0 Å². The van der Waals surface area contributed by atoms with Gasteiger partial charge in [-0.3, -0.25) is 9.59 Å². The molecule has 30 heavy (non-hydrogen) atoms. The van der Waals surface area contributed by atoms with Crippen LogP contribution in [-0.2, 0) is 22.7 Å². The summed E-state index contributed by atoms with van der Waals surface area (Å²) in [6, 6.07) is 20.1. The van der Waals surface area contributed by atoms with Crippen molar-refractivity contribution in [3.8, 4) is 0 Å². The van der Waals surface area contributed by atoms with E-state index in [9.17, 15) is 9.59 Å². The molecule has 154 valence electrons. The fourth-order valence-corrected chi connectivity index (χ4v) is 5.41. The third kappa shape index (κ3) is 4.45. The number of anilines is 1. The number of nitrogens with zero attached hydrogens (tertiary/aromatic N) is 1. The topological polar surface area (TPSA) is 49.4 Å². The molecule has 0 spiro atoms. The van der Waals surface area contributed by atoms with Gasteiger partial charge in [-0.05, 0) is 36.1 Å². The predicted molar refractivity (Wildman–Crippen MR) is 124 cm³/mol. The molecule has 0 radical (unpaired) electrons. The van der Waals surface area contributed by atoms with Crippen LogP contribution in [0.3, 0.4) is 0 Å². The van der Waals surface area contributed by atoms with Gasteiger partial charge in [0.05, 0.1) is 24.7 Å². The fraction of sp³-hybridized carbons (Fsp3) is 0.250. The summed E-state index contributed by atoms with van der Waals surface area (Å²) in [5.41, 5.74) is 3.17. The molecule has 2 heterocycles. The van der Waals surface area contributed by atoms with E-state index >= 15 is 0 Å². The molecular formula is C24H24N2O2S2. The van der Waals surface area contributed by atoms with Crippen LogP contribution in [-0.4, -0.2) is 17.1 Å². The van der Waals surface area contributed by atoms with E-state index in [-0.39, 0.29) is 11.8 Å². The zero-order chi connectivity index (χ0) is 21.1. The van der Waals surface area contributed by atoms with E-state index in [2.05, 4.69) is 29.6 Å². The third-order valence-electron chi connectivity index (χ3n) is 5.27. The van der Waals surface area contributed by atoms with Crippen LogP contribution in [0.5, 0.6) is 0 Å². The van der Waals surface area contributed by atoms with Crippen molar-refractivity contribution in [2.24, 2.45) is 5.92 Å². The van der Waals surface area contributed by atoms with Gasteiger partial charge < -0.3 is 10.2 Å². The maximum Gasteiger partial charge on any atom is 0.241 e. The molecule has 6 heteroatoms. The molecule has 0 bridgehead atoms. The summed E-state index contributed by atoms with van der Waals surface area (Å²) < 4.78 is 0. The fourth-order valence-electron chi connectivity index (χ4n) is 3.48. The second kappa shape index (κ2) is 9.06. The first-order chi connectivity index (χ1) is 14.5. The molecule has 0 fully saturated rings. The van der Waals surface area contributed by atoms with Crippen molar-refractivity contribution in [1.29, 1.82) is 0 Å². The van der Waals surface area contributed by atoms with Gasteiger partial charge in [0.15, 0.2) is 0 Å². The van der Waals surface area contributed by atoms with Crippen LogP contribution >= 0.6 is 23.1 Å². The summed E-state index contributed by atoms with van der Waals surface area (Å²) in [7, 11) is 0. The molecule has 0 saturated heterocycles. The SMILES string of the molecule is Cc1ccc(CN2C(=O)[C@@H]([C@@H](C)C(=O)NCc3cccs3)Sc3ccccc32)cc1. The van der Waals surface area contributed by atoms with Gasteiger partial charge in [0.2, 0.25) is 11.8 Å². The lowest BCUT2D eigenvalue weighted by Gasteiger charge is -2.35. The summed E-state index contributed by atoms with van der Waals surface area (Å²) in [6.07, 6.45) is 0. The number of aryl methyl sites for hydroxylation is 1. The quantitative estimate of drug-likeness (QED) is 0.590. The monoisotopic (exact) mass is 436 g/mol. The highest BCUT2D eigenvalue weighted by Crippen LogP contribution is 2.42. The third-order valence-corrected chi connectivity index (χ3v) is 7.60. The second-order valence-electron chi connectivity index (χ2n) is 7.50. The summed E-state index contributed by atoms with van der Waals surface area (Å²) in [5, 5.41) is 4.53. The average Bonchev–Trinajstić information content (AvgIpc) is 3.28. The van der Waals surface area contributed by atoms with E-state index < -0.39 is 11.2 Å². The number of carbonyl (C=O) groups is 2. The number of benzene rings is 2. The molecule has 2 amide bonds. The first-order valence-corrected chi connectivity index (χ1v) is 11.7. The Balaban J connectivity index is 1.54. The number of thioether (sulfide) groups is 1. The van der Waals surface area contributed by atoms with Crippen LogP contribution in [0, 0.1) is 12.8 Å². The average molecular weight is 437 g/mol. The standard InChI is InChI=1S/C24H24N2O2S2/c1-16-9-11-18(12-10-16)15-26-20-7-3-4-8-21(20)30-22(24(26)28)17(2)23(27)25-14-19-6-5-13-29-19/h3-13,17,22H,14-15H2,1-2H3,(H,25,27)/t17-,22-/m1/s1. The summed E-state index contributed by atoms with van der Waals surface area (Å²) in [4.78, 5) is 30.2. The zero-order valence-electron chi connectivity index (χ0n) is 17.0. The summed E-state index contributed by atoms with van der Waals surface area (Å²) >= 11 is 3.10. The highest BCUT2D eigenvalue weighted by molar-refractivity contribution is 8.01. The molecule has 1 aromatic heterocycles. The molecular weight excluding hydrogens is 412 g/mol. The number of nitrogens with one attached hydrogen (secondary N) is 1. The number of carbonyl (C=O) groups excluding carboxylic acids is 2. The Bertz CT molecular complexity index is 1030. The van der Waals surface area contributed by atoms with Crippen molar-refractivity contribution in [1.82, 2.24) is 5.32 Å². The maximum absolute atomic E-state index is 13.5. The van der Waals surface area contributed by atoms with Crippen molar-refractivity contribution in [3.05, 3.63) is 82.0 Å². The Labute approximate surface area is 185 Å². The van der Waals surface area contributed by atoms with Gasteiger partial charge in [-0.15, -0.1) is 23.1 Å². The van der Waals surface area contributed by atoms with Crippen molar-refractivity contribution in [3.63, 3.8) is 0 Å². The van der Waals surface area contributed by atoms with E-state index in [1.54, 1.807) is 11.3 Å². The predicted octanol–water partition coefficient (Wildman–Crippen LogP) is 5.02. The van der Waals surface area contributed by atoms with Crippen LogP contribution in [0.1, 0.15) is 22.9 Å². The first-order valence-electron chi connectivity index (χ1n) is 9.95. The lowest BCUT2D eigenvalue weighted by atomic mass is 10.0. The van der Waals surface area contributed by atoms with Crippen LogP contribution < -0.4 is 10.2 Å². The normalized spacial score (nSPS) is 16.8.